The van der Waals surface area contributed by atoms with Crippen molar-refractivity contribution in [2.75, 3.05) is 38.6 Å². The van der Waals surface area contributed by atoms with Gasteiger partial charge in [-0.1, -0.05) is 12.8 Å². The number of rotatable bonds is 6. The van der Waals surface area contributed by atoms with Crippen molar-refractivity contribution in [3.63, 3.8) is 0 Å². The molecule has 0 bridgehead atoms. The van der Waals surface area contributed by atoms with Crippen LogP contribution in [0.4, 0.5) is 5.69 Å². The first-order valence-corrected chi connectivity index (χ1v) is 10.6. The first kappa shape index (κ1) is 19.2. The van der Waals surface area contributed by atoms with Crippen LogP contribution in [0.3, 0.4) is 0 Å². The molecule has 1 aromatic rings. The minimum absolute atomic E-state index is 0.0824. The van der Waals surface area contributed by atoms with Crippen LogP contribution in [0.2, 0.25) is 0 Å². The summed E-state index contributed by atoms with van der Waals surface area (Å²) in [7, 11) is 1.64. The number of carbonyl (C=O) groups excluding carboxylic acids is 2. The summed E-state index contributed by atoms with van der Waals surface area (Å²) in [5.41, 5.74) is 0.802. The molecular formula is C22H31N3O3. The third kappa shape index (κ3) is 4.32. The number of piperazine rings is 1. The molecular weight excluding hydrogens is 354 g/mol. The Bertz CT molecular complexity index is 687. The molecule has 28 heavy (non-hydrogen) atoms. The molecule has 1 aliphatic heterocycles. The maximum atomic E-state index is 13.2. The third-order valence-electron chi connectivity index (χ3n) is 6.42. The van der Waals surface area contributed by atoms with Gasteiger partial charge >= 0.3 is 0 Å². The molecule has 1 heterocycles. The van der Waals surface area contributed by atoms with Crippen molar-refractivity contribution in [3.05, 3.63) is 24.3 Å². The quantitative estimate of drug-likeness (QED) is 0.818. The fourth-order valence-electron chi connectivity index (χ4n) is 4.65. The summed E-state index contributed by atoms with van der Waals surface area (Å²) in [6, 6.07) is 7.39. The molecule has 1 N–H and O–H groups in total. The van der Waals surface area contributed by atoms with Gasteiger partial charge in [-0.15, -0.1) is 0 Å². The Labute approximate surface area is 167 Å². The second-order valence-corrected chi connectivity index (χ2v) is 8.34. The highest BCUT2D eigenvalue weighted by molar-refractivity contribution is 5.95. The van der Waals surface area contributed by atoms with E-state index in [4.69, 9.17) is 4.74 Å². The molecule has 3 fully saturated rings. The summed E-state index contributed by atoms with van der Waals surface area (Å²) < 4.78 is 5.20. The van der Waals surface area contributed by atoms with Gasteiger partial charge in [0, 0.05) is 37.8 Å². The fourth-order valence-corrected chi connectivity index (χ4v) is 4.65. The number of hydrogen-bond acceptors (Lipinski definition) is 4. The van der Waals surface area contributed by atoms with Gasteiger partial charge in [0.2, 0.25) is 11.8 Å². The van der Waals surface area contributed by atoms with Crippen molar-refractivity contribution in [2.24, 2.45) is 11.8 Å². The Morgan fingerprint density at radius 2 is 1.64 bits per heavy atom. The Balaban J connectivity index is 1.41. The SMILES string of the molecule is COc1ccc(NC(=O)[C@H](C2CCCC2)N2CCN(C(=O)C3CC3)CC2)cc1. The van der Waals surface area contributed by atoms with E-state index in [0.717, 1.165) is 63.3 Å². The lowest BCUT2D eigenvalue weighted by atomic mass is 9.94. The third-order valence-corrected chi connectivity index (χ3v) is 6.42. The number of ether oxygens (including phenoxy) is 1. The van der Waals surface area contributed by atoms with E-state index < -0.39 is 0 Å². The highest BCUT2D eigenvalue weighted by Gasteiger charge is 2.39. The molecule has 4 rings (SSSR count). The molecule has 152 valence electrons. The van der Waals surface area contributed by atoms with Crippen molar-refractivity contribution in [3.8, 4) is 5.75 Å². The second kappa shape index (κ2) is 8.52. The molecule has 0 radical (unpaired) electrons. The van der Waals surface area contributed by atoms with E-state index in [2.05, 4.69) is 10.2 Å². The van der Waals surface area contributed by atoms with Crippen molar-refractivity contribution in [2.45, 2.75) is 44.6 Å². The van der Waals surface area contributed by atoms with E-state index in [1.54, 1.807) is 7.11 Å². The summed E-state index contributed by atoms with van der Waals surface area (Å²) in [6.45, 7) is 3.06. The number of carbonyl (C=O) groups is 2. The van der Waals surface area contributed by atoms with Gasteiger partial charge in [0.25, 0.3) is 0 Å². The van der Waals surface area contributed by atoms with Crippen LogP contribution in [0.1, 0.15) is 38.5 Å². The van der Waals surface area contributed by atoms with Crippen LogP contribution in [0, 0.1) is 11.8 Å². The average molecular weight is 386 g/mol. The Kier molecular flexibility index (Phi) is 5.85. The van der Waals surface area contributed by atoms with Gasteiger partial charge in [-0.25, -0.2) is 0 Å². The van der Waals surface area contributed by atoms with Crippen LogP contribution in [0.5, 0.6) is 5.75 Å². The van der Waals surface area contributed by atoms with Crippen molar-refractivity contribution < 1.29 is 14.3 Å². The van der Waals surface area contributed by atoms with Crippen molar-refractivity contribution in [1.29, 1.82) is 0 Å². The van der Waals surface area contributed by atoms with E-state index in [-0.39, 0.29) is 17.9 Å². The number of benzene rings is 1. The number of nitrogens with one attached hydrogen (secondary N) is 1. The molecule has 0 aromatic heterocycles. The Morgan fingerprint density at radius 1 is 1.00 bits per heavy atom. The van der Waals surface area contributed by atoms with E-state index in [1.165, 1.54) is 12.8 Å². The molecule has 6 nitrogen and oxygen atoms in total. The highest BCUT2D eigenvalue weighted by Crippen LogP contribution is 2.33. The van der Waals surface area contributed by atoms with Crippen LogP contribution in [0.25, 0.3) is 0 Å². The average Bonchev–Trinajstić information content (AvgIpc) is 3.45. The lowest BCUT2D eigenvalue weighted by Crippen LogP contribution is -2.57. The van der Waals surface area contributed by atoms with Gasteiger partial charge in [0.05, 0.1) is 13.2 Å². The summed E-state index contributed by atoms with van der Waals surface area (Å²) in [6.07, 6.45) is 6.74. The highest BCUT2D eigenvalue weighted by atomic mass is 16.5. The molecule has 2 aliphatic carbocycles. The minimum Gasteiger partial charge on any atom is -0.497 e. The number of anilines is 1. The lowest BCUT2D eigenvalue weighted by molar-refractivity contribution is -0.135. The maximum Gasteiger partial charge on any atom is 0.242 e. The largest absolute Gasteiger partial charge is 0.497 e. The smallest absolute Gasteiger partial charge is 0.242 e. The number of methoxy groups -OCH3 is 1. The van der Waals surface area contributed by atoms with Gasteiger partial charge in [0.1, 0.15) is 5.75 Å². The van der Waals surface area contributed by atoms with Crippen LogP contribution in [-0.2, 0) is 9.59 Å². The summed E-state index contributed by atoms with van der Waals surface area (Å²) in [4.78, 5) is 29.9. The summed E-state index contributed by atoms with van der Waals surface area (Å²) >= 11 is 0. The van der Waals surface area contributed by atoms with Gasteiger partial charge in [-0.2, -0.15) is 0 Å². The standard InChI is InChI=1S/C22H31N3O3/c1-28-19-10-8-18(9-11-19)23-21(26)20(16-4-2-3-5-16)24-12-14-25(15-13-24)22(27)17-6-7-17/h8-11,16-17,20H,2-7,12-15H2,1H3,(H,23,26)/t20-/m0/s1. The van der Waals surface area contributed by atoms with E-state index in [9.17, 15) is 9.59 Å². The van der Waals surface area contributed by atoms with E-state index >= 15 is 0 Å². The molecule has 3 aliphatic rings. The molecule has 0 unspecified atom stereocenters. The van der Waals surface area contributed by atoms with E-state index in [1.807, 2.05) is 29.2 Å². The van der Waals surface area contributed by atoms with Crippen LogP contribution >= 0.6 is 0 Å². The van der Waals surface area contributed by atoms with Gasteiger partial charge in [-0.05, 0) is 55.9 Å². The van der Waals surface area contributed by atoms with Gasteiger partial charge < -0.3 is 15.0 Å². The zero-order chi connectivity index (χ0) is 19.5. The van der Waals surface area contributed by atoms with Gasteiger partial charge in [0.15, 0.2) is 0 Å². The van der Waals surface area contributed by atoms with E-state index in [0.29, 0.717) is 11.8 Å². The lowest BCUT2D eigenvalue weighted by Gasteiger charge is -2.40. The molecule has 2 amide bonds. The number of amides is 2. The van der Waals surface area contributed by atoms with Crippen LogP contribution in [-0.4, -0.2) is 60.9 Å². The normalized spacial score (nSPS) is 22.1. The topological polar surface area (TPSA) is 61.9 Å². The zero-order valence-electron chi connectivity index (χ0n) is 16.7. The molecule has 1 aromatic carbocycles. The second-order valence-electron chi connectivity index (χ2n) is 8.34. The monoisotopic (exact) mass is 385 g/mol. The van der Waals surface area contributed by atoms with Crippen molar-refractivity contribution >= 4 is 17.5 Å². The molecule has 0 spiro atoms. The van der Waals surface area contributed by atoms with Crippen molar-refractivity contribution in [1.82, 2.24) is 9.80 Å². The molecule has 6 heteroatoms. The number of nitrogens with zero attached hydrogens (tertiary/aromatic N) is 2. The minimum atomic E-state index is -0.109. The van der Waals surface area contributed by atoms with Crippen LogP contribution < -0.4 is 10.1 Å². The molecule has 1 atom stereocenters. The first-order chi connectivity index (χ1) is 13.7. The Morgan fingerprint density at radius 3 is 2.21 bits per heavy atom. The summed E-state index contributed by atoms with van der Waals surface area (Å²) in [5.74, 6) is 1.86. The van der Waals surface area contributed by atoms with Crippen LogP contribution in [0.15, 0.2) is 24.3 Å². The predicted molar refractivity (Wildman–Crippen MR) is 108 cm³/mol. The predicted octanol–water partition coefficient (Wildman–Crippen LogP) is 2.75. The Hall–Kier alpha value is -2.08. The molecule has 1 saturated heterocycles. The number of hydrogen-bond donors (Lipinski definition) is 1. The van der Waals surface area contributed by atoms with Gasteiger partial charge in [-0.3, -0.25) is 14.5 Å². The summed E-state index contributed by atoms with van der Waals surface area (Å²) in [5, 5.41) is 3.11. The molecule has 2 saturated carbocycles. The maximum absolute atomic E-state index is 13.2. The fraction of sp³-hybridized carbons (Fsp3) is 0.636. The first-order valence-electron chi connectivity index (χ1n) is 10.6. The zero-order valence-corrected chi connectivity index (χ0v) is 16.7.